The van der Waals surface area contributed by atoms with E-state index in [0.29, 0.717) is 6.54 Å². The normalized spacial score (nSPS) is 10.8. The molecule has 1 aromatic carbocycles. The number of benzene rings is 1. The minimum Gasteiger partial charge on any atom is -0.393 e. The summed E-state index contributed by atoms with van der Waals surface area (Å²) in [6.07, 6.45) is 3.09. The van der Waals surface area contributed by atoms with Crippen LogP contribution in [0.3, 0.4) is 0 Å². The highest BCUT2D eigenvalue weighted by Gasteiger charge is 2.03. The number of nitrogens with one attached hydrogen (secondary N) is 1. The maximum atomic E-state index is 11.7. The van der Waals surface area contributed by atoms with Crippen LogP contribution in [-0.2, 0) is 6.54 Å². The number of hydrogen-bond acceptors (Lipinski definition) is 4. The van der Waals surface area contributed by atoms with Crippen LogP contribution in [0.1, 0.15) is 5.56 Å². The lowest BCUT2D eigenvalue weighted by molar-refractivity contribution is 0.724. The van der Waals surface area contributed by atoms with Gasteiger partial charge >= 0.3 is 5.69 Å². The molecule has 0 amide bonds. The van der Waals surface area contributed by atoms with Gasteiger partial charge in [0.25, 0.3) is 5.56 Å². The molecule has 0 saturated heterocycles. The van der Waals surface area contributed by atoms with E-state index in [2.05, 4.69) is 9.97 Å². The van der Waals surface area contributed by atoms with Gasteiger partial charge in [0.1, 0.15) is 5.69 Å². The summed E-state index contributed by atoms with van der Waals surface area (Å²) in [5.74, 6) is 0. The van der Waals surface area contributed by atoms with Crippen LogP contribution in [0, 0.1) is 0 Å². The van der Waals surface area contributed by atoms with Crippen molar-refractivity contribution >= 4 is 16.6 Å². The molecular weight excluding hydrogens is 256 g/mol. The standard InChI is InChI=1S/C14H12N4O2/c15-11-8-18(14(20)17-13(11)19)7-9-3-4-12-10(6-9)2-1-5-16-12/h1-6,8H,7,15H2,(H,17,19,20). The molecule has 6 heteroatoms. The van der Waals surface area contributed by atoms with Crippen LogP contribution in [0.2, 0.25) is 0 Å². The fraction of sp³-hybridized carbons (Fsp3) is 0.0714. The summed E-state index contributed by atoms with van der Waals surface area (Å²) in [4.78, 5) is 29.3. The van der Waals surface area contributed by atoms with Gasteiger partial charge in [-0.15, -0.1) is 0 Å². The molecular formula is C14H12N4O2. The van der Waals surface area contributed by atoms with Crippen LogP contribution in [-0.4, -0.2) is 14.5 Å². The average Bonchev–Trinajstić information content (AvgIpc) is 2.44. The minimum absolute atomic E-state index is 0.0204. The fourth-order valence-corrected chi connectivity index (χ4v) is 2.06. The Balaban J connectivity index is 2.03. The molecule has 0 bridgehead atoms. The van der Waals surface area contributed by atoms with Crippen molar-refractivity contribution in [3.63, 3.8) is 0 Å². The molecule has 0 fully saturated rings. The lowest BCUT2D eigenvalue weighted by Crippen LogP contribution is -2.31. The van der Waals surface area contributed by atoms with E-state index in [1.54, 1.807) is 6.20 Å². The molecule has 0 aliphatic carbocycles. The molecule has 6 nitrogen and oxygen atoms in total. The number of pyridine rings is 1. The van der Waals surface area contributed by atoms with E-state index in [1.807, 2.05) is 30.3 Å². The van der Waals surface area contributed by atoms with Gasteiger partial charge in [0.2, 0.25) is 0 Å². The first kappa shape index (κ1) is 12.2. The summed E-state index contributed by atoms with van der Waals surface area (Å²) in [5, 5.41) is 0.996. The number of hydrogen-bond donors (Lipinski definition) is 2. The monoisotopic (exact) mass is 268 g/mol. The second-order valence-corrected chi connectivity index (χ2v) is 4.50. The predicted octanol–water partition coefficient (Wildman–Crippen LogP) is 0.715. The van der Waals surface area contributed by atoms with E-state index in [4.69, 9.17) is 5.73 Å². The highest BCUT2D eigenvalue weighted by atomic mass is 16.2. The molecule has 2 aromatic heterocycles. The molecule has 3 aromatic rings. The largest absolute Gasteiger partial charge is 0.393 e. The first-order chi connectivity index (χ1) is 9.63. The number of nitrogens with two attached hydrogens (primary N) is 1. The van der Waals surface area contributed by atoms with E-state index in [1.165, 1.54) is 10.8 Å². The Hall–Kier alpha value is -2.89. The van der Waals surface area contributed by atoms with Crippen molar-refractivity contribution in [2.45, 2.75) is 6.54 Å². The number of nitrogens with zero attached hydrogens (tertiary/aromatic N) is 2. The Bertz CT molecular complexity index is 895. The Morgan fingerprint density at radius 3 is 2.95 bits per heavy atom. The highest BCUT2D eigenvalue weighted by Crippen LogP contribution is 2.13. The van der Waals surface area contributed by atoms with Crippen molar-refractivity contribution in [2.75, 3.05) is 5.73 Å². The van der Waals surface area contributed by atoms with Gasteiger partial charge < -0.3 is 5.73 Å². The maximum absolute atomic E-state index is 11.7. The molecule has 20 heavy (non-hydrogen) atoms. The van der Waals surface area contributed by atoms with E-state index in [9.17, 15) is 9.59 Å². The van der Waals surface area contributed by atoms with Gasteiger partial charge in [-0.05, 0) is 23.8 Å². The first-order valence-corrected chi connectivity index (χ1v) is 6.06. The van der Waals surface area contributed by atoms with Crippen LogP contribution < -0.4 is 17.0 Å². The van der Waals surface area contributed by atoms with Gasteiger partial charge in [0.15, 0.2) is 0 Å². The summed E-state index contributed by atoms with van der Waals surface area (Å²) in [5.41, 5.74) is 6.33. The predicted molar refractivity (Wildman–Crippen MR) is 76.6 cm³/mol. The van der Waals surface area contributed by atoms with Crippen LogP contribution in [0.25, 0.3) is 10.9 Å². The van der Waals surface area contributed by atoms with Crippen molar-refractivity contribution in [1.29, 1.82) is 0 Å². The van der Waals surface area contributed by atoms with Crippen LogP contribution in [0.5, 0.6) is 0 Å². The van der Waals surface area contributed by atoms with E-state index in [0.717, 1.165) is 16.5 Å². The molecule has 0 spiro atoms. The molecule has 0 aliphatic rings. The van der Waals surface area contributed by atoms with Gasteiger partial charge in [-0.1, -0.05) is 12.1 Å². The van der Waals surface area contributed by atoms with Crippen LogP contribution >= 0.6 is 0 Å². The lowest BCUT2D eigenvalue weighted by atomic mass is 10.1. The summed E-state index contributed by atoms with van der Waals surface area (Å²) >= 11 is 0. The molecule has 2 heterocycles. The van der Waals surface area contributed by atoms with Gasteiger partial charge in [-0.2, -0.15) is 0 Å². The molecule has 0 radical (unpaired) electrons. The topological polar surface area (TPSA) is 93.8 Å². The SMILES string of the molecule is Nc1cn(Cc2ccc3ncccc3c2)c(=O)[nH]c1=O. The van der Waals surface area contributed by atoms with Gasteiger partial charge in [-0.3, -0.25) is 19.3 Å². The third kappa shape index (κ3) is 2.18. The quantitative estimate of drug-likeness (QED) is 0.716. The average molecular weight is 268 g/mol. The van der Waals surface area contributed by atoms with E-state index < -0.39 is 11.2 Å². The molecule has 3 N–H and O–H groups in total. The smallest absolute Gasteiger partial charge is 0.328 e. The molecule has 0 aliphatic heterocycles. The van der Waals surface area contributed by atoms with Gasteiger partial charge in [0.05, 0.1) is 12.1 Å². The molecule has 100 valence electrons. The third-order valence-electron chi connectivity index (χ3n) is 3.06. The Labute approximate surface area is 113 Å². The molecule has 0 saturated carbocycles. The van der Waals surface area contributed by atoms with Crippen molar-refractivity contribution in [3.8, 4) is 0 Å². The summed E-state index contributed by atoms with van der Waals surface area (Å²) in [6, 6.07) is 9.55. The van der Waals surface area contributed by atoms with Crippen molar-refractivity contribution in [3.05, 3.63) is 69.1 Å². The van der Waals surface area contributed by atoms with Crippen molar-refractivity contribution < 1.29 is 0 Å². The third-order valence-corrected chi connectivity index (χ3v) is 3.06. The second-order valence-electron chi connectivity index (χ2n) is 4.50. The highest BCUT2D eigenvalue weighted by molar-refractivity contribution is 5.78. The molecule has 0 atom stereocenters. The Morgan fingerprint density at radius 2 is 2.10 bits per heavy atom. The summed E-state index contributed by atoms with van der Waals surface area (Å²) in [6.45, 7) is 0.338. The zero-order valence-electron chi connectivity index (χ0n) is 10.5. The maximum Gasteiger partial charge on any atom is 0.328 e. The second kappa shape index (κ2) is 4.65. The summed E-state index contributed by atoms with van der Waals surface area (Å²) < 4.78 is 1.37. The van der Waals surface area contributed by atoms with Crippen LogP contribution in [0.4, 0.5) is 5.69 Å². The Kier molecular flexibility index (Phi) is 2.83. The number of nitrogen functional groups attached to an aromatic ring is 1. The number of fused-ring (bicyclic) bond motifs is 1. The number of anilines is 1. The zero-order chi connectivity index (χ0) is 14.1. The molecule has 3 rings (SSSR count). The van der Waals surface area contributed by atoms with E-state index in [-0.39, 0.29) is 5.69 Å². The minimum atomic E-state index is -0.561. The summed E-state index contributed by atoms with van der Waals surface area (Å²) in [7, 11) is 0. The Morgan fingerprint density at radius 1 is 1.25 bits per heavy atom. The zero-order valence-corrected chi connectivity index (χ0v) is 10.5. The van der Waals surface area contributed by atoms with Crippen molar-refractivity contribution in [2.24, 2.45) is 0 Å². The first-order valence-electron chi connectivity index (χ1n) is 6.06. The fourth-order valence-electron chi connectivity index (χ4n) is 2.06. The van der Waals surface area contributed by atoms with Crippen LogP contribution in [0.15, 0.2) is 52.3 Å². The number of rotatable bonds is 2. The lowest BCUT2D eigenvalue weighted by Gasteiger charge is -2.07. The van der Waals surface area contributed by atoms with Gasteiger partial charge in [0, 0.05) is 17.8 Å². The molecule has 0 unspecified atom stereocenters. The number of aromatic nitrogens is 3. The number of H-pyrrole nitrogens is 1. The van der Waals surface area contributed by atoms with E-state index >= 15 is 0 Å². The van der Waals surface area contributed by atoms with Gasteiger partial charge in [-0.25, -0.2) is 4.79 Å². The number of aromatic amines is 1. The van der Waals surface area contributed by atoms with Crippen molar-refractivity contribution in [1.82, 2.24) is 14.5 Å².